The van der Waals surface area contributed by atoms with Crippen LogP contribution in [0.1, 0.15) is 32.4 Å². The van der Waals surface area contributed by atoms with Crippen molar-refractivity contribution in [3.05, 3.63) is 29.8 Å². The average Bonchev–Trinajstić information content (AvgIpc) is 2.20. The molecule has 3 nitrogen and oxygen atoms in total. The van der Waals surface area contributed by atoms with Gasteiger partial charge in [0.15, 0.2) is 0 Å². The Morgan fingerprint density at radius 1 is 1.50 bits per heavy atom. The quantitative estimate of drug-likeness (QED) is 0.855. The van der Waals surface area contributed by atoms with E-state index in [9.17, 15) is 4.39 Å². The molecule has 1 heterocycles. The van der Waals surface area contributed by atoms with Crippen LogP contribution in [0.2, 0.25) is 0 Å². The molecule has 1 rings (SSSR count). The normalized spacial score (nSPS) is 13.8. The number of aromatic nitrogens is 1. The fourth-order valence-electron chi connectivity index (χ4n) is 1.33. The number of pyridine rings is 1. The van der Waals surface area contributed by atoms with Crippen LogP contribution in [-0.2, 0) is 4.74 Å². The summed E-state index contributed by atoms with van der Waals surface area (Å²) in [6.07, 6.45) is 2.80. The second kappa shape index (κ2) is 5.37. The minimum Gasteiger partial charge on any atom is -0.374 e. The summed E-state index contributed by atoms with van der Waals surface area (Å²) in [4.78, 5) is 3.73. The lowest BCUT2D eigenvalue weighted by atomic mass is 10.1. The van der Waals surface area contributed by atoms with Gasteiger partial charge < -0.3 is 10.1 Å². The lowest BCUT2D eigenvalue weighted by molar-refractivity contribution is -0.0143. The summed E-state index contributed by atoms with van der Waals surface area (Å²) < 4.78 is 19.1. The molecular weight excluding hydrogens is 207 g/mol. The Balaban J connectivity index is 2.72. The zero-order chi connectivity index (χ0) is 12.2. The summed E-state index contributed by atoms with van der Waals surface area (Å²) in [6, 6.07) is 1.52. The Morgan fingerprint density at radius 2 is 2.19 bits per heavy atom. The summed E-state index contributed by atoms with van der Waals surface area (Å²) in [5, 5.41) is 3.04. The van der Waals surface area contributed by atoms with Crippen molar-refractivity contribution in [3.8, 4) is 0 Å². The van der Waals surface area contributed by atoms with Gasteiger partial charge in [-0.25, -0.2) is 4.39 Å². The van der Waals surface area contributed by atoms with Crippen LogP contribution in [0.15, 0.2) is 18.5 Å². The van der Waals surface area contributed by atoms with Gasteiger partial charge in [-0.3, -0.25) is 4.98 Å². The molecule has 90 valence electrons. The van der Waals surface area contributed by atoms with E-state index in [1.165, 1.54) is 6.20 Å². The Bertz CT molecular complexity index is 336. The first-order valence-corrected chi connectivity index (χ1v) is 5.34. The number of ether oxygens (including phenoxy) is 1. The maximum Gasteiger partial charge on any atom is 0.146 e. The van der Waals surface area contributed by atoms with Crippen LogP contribution in [0.25, 0.3) is 0 Å². The maximum atomic E-state index is 13.5. The number of halogens is 1. The van der Waals surface area contributed by atoms with Crippen molar-refractivity contribution in [1.82, 2.24) is 10.3 Å². The van der Waals surface area contributed by atoms with E-state index in [1.807, 2.05) is 20.8 Å². The zero-order valence-electron chi connectivity index (χ0n) is 10.2. The SMILES string of the molecule is CNC(COC(C)(C)C)c1ccncc1F. The van der Waals surface area contributed by atoms with Gasteiger partial charge >= 0.3 is 0 Å². The molecule has 0 aliphatic rings. The van der Waals surface area contributed by atoms with Gasteiger partial charge in [-0.15, -0.1) is 0 Å². The van der Waals surface area contributed by atoms with Gasteiger partial charge in [0.2, 0.25) is 0 Å². The third kappa shape index (κ3) is 3.87. The van der Waals surface area contributed by atoms with Crippen molar-refractivity contribution >= 4 is 0 Å². The highest BCUT2D eigenvalue weighted by Gasteiger charge is 2.18. The van der Waals surface area contributed by atoms with E-state index in [4.69, 9.17) is 4.74 Å². The number of likely N-dealkylation sites (N-methyl/N-ethyl adjacent to an activating group) is 1. The molecule has 0 aliphatic carbocycles. The summed E-state index contributed by atoms with van der Waals surface area (Å²) in [5.41, 5.74) is 0.361. The Hall–Kier alpha value is -1.00. The molecule has 0 saturated carbocycles. The number of hydrogen-bond donors (Lipinski definition) is 1. The van der Waals surface area contributed by atoms with Crippen LogP contribution >= 0.6 is 0 Å². The minimum absolute atomic E-state index is 0.151. The molecule has 0 saturated heterocycles. The lowest BCUT2D eigenvalue weighted by Gasteiger charge is -2.24. The molecular formula is C12H19FN2O. The number of nitrogens with one attached hydrogen (secondary N) is 1. The molecule has 0 aromatic carbocycles. The average molecular weight is 226 g/mol. The summed E-state index contributed by atoms with van der Waals surface area (Å²) in [6.45, 7) is 6.36. The highest BCUT2D eigenvalue weighted by molar-refractivity contribution is 5.17. The van der Waals surface area contributed by atoms with E-state index in [1.54, 1.807) is 19.3 Å². The van der Waals surface area contributed by atoms with Crippen LogP contribution < -0.4 is 5.32 Å². The molecule has 0 fully saturated rings. The van der Waals surface area contributed by atoms with E-state index < -0.39 is 0 Å². The van der Waals surface area contributed by atoms with Gasteiger partial charge in [-0.2, -0.15) is 0 Å². The molecule has 1 N–H and O–H groups in total. The molecule has 1 aromatic rings. The van der Waals surface area contributed by atoms with Crippen molar-refractivity contribution in [3.63, 3.8) is 0 Å². The maximum absolute atomic E-state index is 13.5. The minimum atomic E-state index is -0.306. The van der Waals surface area contributed by atoms with E-state index in [0.717, 1.165) is 0 Å². The molecule has 0 amide bonds. The van der Waals surface area contributed by atoms with Crippen molar-refractivity contribution in [2.24, 2.45) is 0 Å². The predicted molar refractivity (Wildman–Crippen MR) is 61.7 cm³/mol. The van der Waals surface area contributed by atoms with Crippen molar-refractivity contribution in [2.75, 3.05) is 13.7 Å². The molecule has 0 aliphatic heterocycles. The summed E-state index contributed by atoms with van der Waals surface area (Å²) in [5.74, 6) is -0.306. The van der Waals surface area contributed by atoms with Crippen molar-refractivity contribution in [1.29, 1.82) is 0 Å². The van der Waals surface area contributed by atoms with E-state index >= 15 is 0 Å². The second-order valence-electron chi connectivity index (χ2n) is 4.66. The van der Waals surface area contributed by atoms with Crippen LogP contribution in [0.5, 0.6) is 0 Å². The zero-order valence-corrected chi connectivity index (χ0v) is 10.2. The highest BCUT2D eigenvalue weighted by atomic mass is 19.1. The first kappa shape index (κ1) is 13.1. The number of nitrogens with zero attached hydrogens (tertiary/aromatic N) is 1. The first-order valence-electron chi connectivity index (χ1n) is 5.34. The molecule has 1 aromatic heterocycles. The topological polar surface area (TPSA) is 34.1 Å². The molecule has 0 radical (unpaired) electrons. The Kier molecular flexibility index (Phi) is 4.38. The number of rotatable bonds is 4. The van der Waals surface area contributed by atoms with Crippen molar-refractivity contribution in [2.45, 2.75) is 32.4 Å². The molecule has 16 heavy (non-hydrogen) atoms. The van der Waals surface area contributed by atoms with E-state index in [2.05, 4.69) is 10.3 Å². The van der Waals surface area contributed by atoms with Gasteiger partial charge in [0.1, 0.15) is 5.82 Å². The van der Waals surface area contributed by atoms with E-state index in [0.29, 0.717) is 12.2 Å². The molecule has 1 atom stereocenters. The van der Waals surface area contributed by atoms with Gasteiger partial charge in [0.25, 0.3) is 0 Å². The van der Waals surface area contributed by atoms with Gasteiger partial charge in [-0.1, -0.05) is 0 Å². The first-order chi connectivity index (χ1) is 7.44. The molecule has 1 unspecified atom stereocenters. The predicted octanol–water partition coefficient (Wildman–Crippen LogP) is 2.30. The van der Waals surface area contributed by atoms with Gasteiger partial charge in [0.05, 0.1) is 24.4 Å². The fraction of sp³-hybridized carbons (Fsp3) is 0.583. The lowest BCUT2D eigenvalue weighted by Crippen LogP contribution is -2.29. The third-order valence-electron chi connectivity index (χ3n) is 2.21. The number of hydrogen-bond acceptors (Lipinski definition) is 3. The smallest absolute Gasteiger partial charge is 0.146 e. The standard InChI is InChI=1S/C12H19FN2O/c1-12(2,3)16-8-11(14-4)9-5-6-15-7-10(9)13/h5-7,11,14H,8H2,1-4H3. The van der Waals surface area contributed by atoms with Crippen LogP contribution in [0, 0.1) is 5.82 Å². The van der Waals surface area contributed by atoms with Crippen LogP contribution in [0.4, 0.5) is 4.39 Å². The molecule has 0 bridgehead atoms. The monoisotopic (exact) mass is 226 g/mol. The second-order valence-corrected chi connectivity index (χ2v) is 4.66. The molecule has 0 spiro atoms. The van der Waals surface area contributed by atoms with E-state index in [-0.39, 0.29) is 17.5 Å². The largest absolute Gasteiger partial charge is 0.374 e. The third-order valence-corrected chi connectivity index (χ3v) is 2.21. The Labute approximate surface area is 96.0 Å². The highest BCUT2D eigenvalue weighted by Crippen LogP contribution is 2.18. The Morgan fingerprint density at radius 3 is 2.69 bits per heavy atom. The van der Waals surface area contributed by atoms with Crippen LogP contribution in [-0.4, -0.2) is 24.2 Å². The van der Waals surface area contributed by atoms with Crippen molar-refractivity contribution < 1.29 is 9.13 Å². The summed E-state index contributed by atoms with van der Waals surface area (Å²) in [7, 11) is 1.79. The summed E-state index contributed by atoms with van der Waals surface area (Å²) >= 11 is 0. The van der Waals surface area contributed by atoms with Crippen LogP contribution in [0.3, 0.4) is 0 Å². The molecule has 4 heteroatoms. The fourth-order valence-corrected chi connectivity index (χ4v) is 1.33. The van der Waals surface area contributed by atoms with Gasteiger partial charge in [-0.05, 0) is 33.9 Å². The van der Waals surface area contributed by atoms with Gasteiger partial charge in [0, 0.05) is 11.8 Å².